The third kappa shape index (κ3) is 2.31. The second-order valence-corrected chi connectivity index (χ2v) is 4.50. The van der Waals surface area contributed by atoms with Crippen LogP contribution in [0.5, 0.6) is 0 Å². The number of nitrogens with zero attached hydrogens (tertiary/aromatic N) is 2. The molecular weight excluding hydrogens is 242 g/mol. The van der Waals surface area contributed by atoms with Crippen LogP contribution in [0.3, 0.4) is 0 Å². The molecule has 0 atom stereocenters. The maximum absolute atomic E-state index is 11.8. The lowest BCUT2D eigenvalue weighted by Crippen LogP contribution is -2.08. The third-order valence-electron chi connectivity index (χ3n) is 2.88. The highest BCUT2D eigenvalue weighted by atomic mass is 16.5. The van der Waals surface area contributed by atoms with Crippen LogP contribution in [-0.2, 0) is 4.74 Å². The number of rotatable bonds is 3. The highest BCUT2D eigenvalue weighted by Crippen LogP contribution is 2.31. The van der Waals surface area contributed by atoms with Gasteiger partial charge >= 0.3 is 5.97 Å². The van der Waals surface area contributed by atoms with Crippen molar-refractivity contribution in [3.05, 3.63) is 36.0 Å². The fourth-order valence-corrected chi connectivity index (χ4v) is 1.97. The van der Waals surface area contributed by atoms with Gasteiger partial charge in [-0.05, 0) is 19.4 Å². The van der Waals surface area contributed by atoms with E-state index < -0.39 is 5.97 Å². The average molecular weight is 259 g/mol. The number of hydrogen-bond acceptors (Lipinski definition) is 4. The van der Waals surface area contributed by atoms with E-state index in [0.717, 1.165) is 5.56 Å². The lowest BCUT2D eigenvalue weighted by atomic mass is 10.1. The Labute approximate surface area is 112 Å². The first kappa shape index (κ1) is 13.1. The summed E-state index contributed by atoms with van der Waals surface area (Å²) >= 11 is 0. The molecule has 2 aromatic rings. The molecule has 0 aliphatic rings. The minimum atomic E-state index is -0.482. The van der Waals surface area contributed by atoms with Gasteiger partial charge < -0.3 is 10.5 Å². The van der Waals surface area contributed by atoms with Gasteiger partial charge in [0.25, 0.3) is 0 Å². The number of nitrogen functional groups attached to an aromatic ring is 1. The number of esters is 1. The molecule has 0 spiro atoms. The Balaban J connectivity index is 2.67. The number of hydrogen-bond donors (Lipinski definition) is 1. The summed E-state index contributed by atoms with van der Waals surface area (Å²) in [7, 11) is 1.34. The summed E-state index contributed by atoms with van der Waals surface area (Å²) in [5.74, 6) is -0.00782. The van der Waals surface area contributed by atoms with Gasteiger partial charge in [-0.2, -0.15) is 5.10 Å². The van der Waals surface area contributed by atoms with E-state index in [1.165, 1.54) is 7.11 Å². The molecule has 1 heterocycles. The summed E-state index contributed by atoms with van der Waals surface area (Å²) in [5, 5.41) is 4.27. The van der Waals surface area contributed by atoms with E-state index in [1.807, 2.05) is 44.2 Å². The Bertz CT molecular complexity index is 588. The summed E-state index contributed by atoms with van der Waals surface area (Å²) in [4.78, 5) is 11.8. The number of ether oxygens (including phenoxy) is 1. The summed E-state index contributed by atoms with van der Waals surface area (Å²) in [6.45, 7) is 3.92. The normalized spacial score (nSPS) is 10.7. The molecule has 1 aromatic carbocycles. The lowest BCUT2D eigenvalue weighted by Gasteiger charge is -2.08. The van der Waals surface area contributed by atoms with Crippen molar-refractivity contribution in [1.82, 2.24) is 9.78 Å². The van der Waals surface area contributed by atoms with Gasteiger partial charge in [-0.25, -0.2) is 9.48 Å². The molecule has 0 radical (unpaired) electrons. The molecule has 0 saturated heterocycles. The fourth-order valence-electron chi connectivity index (χ4n) is 1.97. The summed E-state index contributed by atoms with van der Waals surface area (Å²) in [6, 6.07) is 9.55. The molecule has 0 saturated carbocycles. The van der Waals surface area contributed by atoms with Crippen LogP contribution in [-0.4, -0.2) is 22.9 Å². The largest absolute Gasteiger partial charge is 0.464 e. The molecule has 0 unspecified atom stereocenters. The number of aromatic nitrogens is 2. The smallest absolute Gasteiger partial charge is 0.359 e. The van der Waals surface area contributed by atoms with Crippen molar-refractivity contribution in [3.63, 3.8) is 0 Å². The summed E-state index contributed by atoms with van der Waals surface area (Å²) in [6.07, 6.45) is 0. The summed E-state index contributed by atoms with van der Waals surface area (Å²) < 4.78 is 6.41. The molecule has 2 rings (SSSR count). The molecule has 0 fully saturated rings. The van der Waals surface area contributed by atoms with Crippen LogP contribution in [0.1, 0.15) is 30.4 Å². The minimum Gasteiger partial charge on any atom is -0.464 e. The average Bonchev–Trinajstić information content (AvgIpc) is 2.76. The van der Waals surface area contributed by atoms with E-state index in [2.05, 4.69) is 5.10 Å². The Hall–Kier alpha value is -2.30. The van der Waals surface area contributed by atoms with Gasteiger partial charge in [-0.15, -0.1) is 0 Å². The number of anilines is 1. The molecule has 100 valence electrons. The van der Waals surface area contributed by atoms with Gasteiger partial charge in [0.15, 0.2) is 5.69 Å². The van der Waals surface area contributed by atoms with Crippen LogP contribution in [0.2, 0.25) is 0 Å². The molecule has 19 heavy (non-hydrogen) atoms. The SMILES string of the molecule is COC(=O)c1nn(C(C)C)c(N)c1-c1ccccc1. The van der Waals surface area contributed by atoms with Crippen LogP contribution in [0.25, 0.3) is 11.1 Å². The predicted octanol–water partition coefficient (Wildman–Crippen LogP) is 2.50. The first-order chi connectivity index (χ1) is 9.06. The predicted molar refractivity (Wildman–Crippen MR) is 73.8 cm³/mol. The first-order valence-electron chi connectivity index (χ1n) is 6.08. The van der Waals surface area contributed by atoms with Crippen molar-refractivity contribution in [3.8, 4) is 11.1 Å². The van der Waals surface area contributed by atoms with Gasteiger partial charge in [0, 0.05) is 6.04 Å². The molecule has 0 amide bonds. The number of carbonyl (C=O) groups excluding carboxylic acids is 1. The molecule has 0 bridgehead atoms. The Morgan fingerprint density at radius 1 is 1.32 bits per heavy atom. The van der Waals surface area contributed by atoms with Gasteiger partial charge in [-0.1, -0.05) is 30.3 Å². The standard InChI is InChI=1S/C14H17N3O2/c1-9(2)17-13(15)11(10-7-5-4-6-8-10)12(16-17)14(18)19-3/h4-9H,15H2,1-3H3. The van der Waals surface area contributed by atoms with Crippen LogP contribution < -0.4 is 5.73 Å². The van der Waals surface area contributed by atoms with Gasteiger partial charge in [0.2, 0.25) is 0 Å². The molecule has 0 aliphatic carbocycles. The Kier molecular flexibility index (Phi) is 3.55. The van der Waals surface area contributed by atoms with E-state index in [-0.39, 0.29) is 11.7 Å². The van der Waals surface area contributed by atoms with Gasteiger partial charge in [-0.3, -0.25) is 0 Å². The van der Waals surface area contributed by atoms with Crippen LogP contribution in [0.4, 0.5) is 5.82 Å². The van der Waals surface area contributed by atoms with Crippen LogP contribution in [0.15, 0.2) is 30.3 Å². The molecule has 2 N–H and O–H groups in total. The molecular formula is C14H17N3O2. The molecule has 1 aromatic heterocycles. The van der Waals surface area contributed by atoms with Crippen molar-refractivity contribution in [1.29, 1.82) is 0 Å². The Morgan fingerprint density at radius 3 is 2.47 bits per heavy atom. The number of nitrogens with two attached hydrogens (primary N) is 1. The van der Waals surface area contributed by atoms with E-state index >= 15 is 0 Å². The van der Waals surface area contributed by atoms with Gasteiger partial charge in [0.1, 0.15) is 5.82 Å². The maximum atomic E-state index is 11.8. The first-order valence-corrected chi connectivity index (χ1v) is 6.08. The highest BCUT2D eigenvalue weighted by Gasteiger charge is 2.24. The second-order valence-electron chi connectivity index (χ2n) is 4.50. The van der Waals surface area contributed by atoms with Gasteiger partial charge in [0.05, 0.1) is 12.7 Å². The van der Waals surface area contributed by atoms with Crippen LogP contribution >= 0.6 is 0 Å². The summed E-state index contributed by atoms with van der Waals surface area (Å²) in [5.41, 5.74) is 7.85. The molecule has 5 heteroatoms. The number of carbonyl (C=O) groups is 1. The van der Waals surface area contributed by atoms with Crippen molar-refractivity contribution < 1.29 is 9.53 Å². The van der Waals surface area contributed by atoms with Crippen molar-refractivity contribution in [2.45, 2.75) is 19.9 Å². The number of methoxy groups -OCH3 is 1. The lowest BCUT2D eigenvalue weighted by molar-refractivity contribution is 0.0593. The van der Waals surface area contributed by atoms with Crippen molar-refractivity contribution in [2.24, 2.45) is 0 Å². The molecule has 5 nitrogen and oxygen atoms in total. The Morgan fingerprint density at radius 2 is 1.95 bits per heavy atom. The zero-order valence-electron chi connectivity index (χ0n) is 11.3. The topological polar surface area (TPSA) is 70.1 Å². The van der Waals surface area contributed by atoms with E-state index in [0.29, 0.717) is 11.4 Å². The van der Waals surface area contributed by atoms with E-state index in [9.17, 15) is 4.79 Å². The highest BCUT2D eigenvalue weighted by molar-refractivity contribution is 5.98. The molecule has 0 aliphatic heterocycles. The van der Waals surface area contributed by atoms with Crippen molar-refractivity contribution in [2.75, 3.05) is 12.8 Å². The van der Waals surface area contributed by atoms with Crippen molar-refractivity contribution >= 4 is 11.8 Å². The van der Waals surface area contributed by atoms with Crippen LogP contribution in [0, 0.1) is 0 Å². The maximum Gasteiger partial charge on any atom is 0.359 e. The number of benzene rings is 1. The van der Waals surface area contributed by atoms with E-state index in [1.54, 1.807) is 4.68 Å². The second kappa shape index (κ2) is 5.14. The minimum absolute atomic E-state index is 0.0702. The fraction of sp³-hybridized carbons (Fsp3) is 0.286. The zero-order valence-corrected chi connectivity index (χ0v) is 11.3. The third-order valence-corrected chi connectivity index (χ3v) is 2.88. The zero-order chi connectivity index (χ0) is 14.0. The monoisotopic (exact) mass is 259 g/mol. The quantitative estimate of drug-likeness (QED) is 0.860. The van der Waals surface area contributed by atoms with E-state index in [4.69, 9.17) is 10.5 Å².